The molecule has 0 unspecified atom stereocenters. The molecule has 0 aliphatic carbocycles. The predicted molar refractivity (Wildman–Crippen MR) is 67.8 cm³/mol. The van der Waals surface area contributed by atoms with E-state index in [1.807, 2.05) is 7.05 Å². The fourth-order valence-corrected chi connectivity index (χ4v) is 3.23. The first-order valence-corrected chi connectivity index (χ1v) is 6.92. The third kappa shape index (κ3) is 2.54. The summed E-state index contributed by atoms with van der Waals surface area (Å²) in [4.78, 5) is 4.00. The summed E-state index contributed by atoms with van der Waals surface area (Å²) in [5, 5.41) is 15.7. The van der Waals surface area contributed by atoms with Gasteiger partial charge in [-0.05, 0) is 62.5 Å². The van der Waals surface area contributed by atoms with E-state index in [2.05, 4.69) is 25.6 Å². The van der Waals surface area contributed by atoms with Crippen molar-refractivity contribution in [2.45, 2.75) is 32.2 Å². The fraction of sp³-hybridized carbons (Fsp3) is 0.917. The monoisotopic (exact) mass is 250 g/mol. The average Bonchev–Trinajstić information content (AvgIpc) is 2.79. The van der Waals surface area contributed by atoms with Gasteiger partial charge in [0.1, 0.15) is 0 Å². The highest BCUT2D eigenvalue weighted by Gasteiger charge is 2.35. The van der Waals surface area contributed by atoms with Gasteiger partial charge >= 0.3 is 0 Å². The maximum absolute atomic E-state index is 4.25. The molecule has 0 saturated carbocycles. The van der Waals surface area contributed by atoms with E-state index in [-0.39, 0.29) is 0 Å². The average molecular weight is 250 g/mol. The van der Waals surface area contributed by atoms with Crippen LogP contribution in [0.15, 0.2) is 0 Å². The Kier molecular flexibility index (Phi) is 3.30. The number of nitrogens with zero attached hydrogens (tertiary/aromatic N) is 5. The molecule has 2 aliphatic rings. The van der Waals surface area contributed by atoms with E-state index in [1.165, 1.54) is 56.7 Å². The van der Waals surface area contributed by atoms with Gasteiger partial charge in [-0.25, -0.2) is 0 Å². The van der Waals surface area contributed by atoms with Crippen LogP contribution in [0.5, 0.6) is 0 Å². The maximum Gasteiger partial charge on any atom is 0.188 e. The minimum absolute atomic E-state index is 0.623. The van der Waals surface area contributed by atoms with Gasteiger partial charge in [-0.2, -0.15) is 4.80 Å². The molecule has 18 heavy (non-hydrogen) atoms. The molecular weight excluding hydrogens is 228 g/mol. The number of tetrazole rings is 1. The van der Waals surface area contributed by atoms with Crippen LogP contribution in [-0.2, 0) is 13.6 Å². The largest absolute Gasteiger partial charge is 0.317 e. The number of hydrogen-bond acceptors (Lipinski definition) is 5. The molecule has 0 aromatic carbocycles. The number of hydrogen-bond donors (Lipinski definition) is 1. The third-order valence-electron chi connectivity index (χ3n) is 4.50. The molecule has 1 aromatic rings. The number of likely N-dealkylation sites (tertiary alicyclic amines) is 1. The van der Waals surface area contributed by atoms with E-state index in [4.69, 9.17) is 0 Å². The van der Waals surface area contributed by atoms with Gasteiger partial charge in [-0.1, -0.05) is 0 Å². The van der Waals surface area contributed by atoms with Crippen molar-refractivity contribution in [2.75, 3.05) is 26.2 Å². The number of rotatable bonds is 2. The molecule has 6 nitrogen and oxygen atoms in total. The van der Waals surface area contributed by atoms with Crippen LogP contribution in [0.2, 0.25) is 0 Å². The zero-order valence-electron chi connectivity index (χ0n) is 11.1. The summed E-state index contributed by atoms with van der Waals surface area (Å²) in [6.45, 7) is 5.61. The van der Waals surface area contributed by atoms with Crippen LogP contribution < -0.4 is 5.32 Å². The number of aromatic nitrogens is 4. The van der Waals surface area contributed by atoms with Gasteiger partial charge in [0.25, 0.3) is 0 Å². The molecule has 0 atom stereocenters. The Hall–Kier alpha value is -1.01. The van der Waals surface area contributed by atoms with Crippen molar-refractivity contribution in [3.63, 3.8) is 0 Å². The summed E-state index contributed by atoms with van der Waals surface area (Å²) in [6.07, 6.45) is 5.36. The van der Waals surface area contributed by atoms with Gasteiger partial charge in [-0.3, -0.25) is 4.90 Å². The van der Waals surface area contributed by atoms with Crippen LogP contribution in [0.3, 0.4) is 0 Å². The normalized spacial score (nSPS) is 24.5. The van der Waals surface area contributed by atoms with Crippen molar-refractivity contribution < 1.29 is 0 Å². The van der Waals surface area contributed by atoms with E-state index in [9.17, 15) is 0 Å². The van der Waals surface area contributed by atoms with Crippen LogP contribution in [0.25, 0.3) is 0 Å². The van der Waals surface area contributed by atoms with Crippen LogP contribution in [-0.4, -0.2) is 51.3 Å². The van der Waals surface area contributed by atoms with Gasteiger partial charge in [0.2, 0.25) is 0 Å². The fourth-order valence-electron chi connectivity index (χ4n) is 3.23. The molecule has 6 heteroatoms. The van der Waals surface area contributed by atoms with Crippen molar-refractivity contribution in [1.29, 1.82) is 0 Å². The summed E-state index contributed by atoms with van der Waals surface area (Å²) in [7, 11) is 1.82. The molecule has 1 aromatic heterocycles. The molecule has 100 valence electrons. The Labute approximate surface area is 108 Å². The molecule has 1 N–H and O–H groups in total. The highest BCUT2D eigenvalue weighted by atomic mass is 15.6. The van der Waals surface area contributed by atoms with Crippen LogP contribution >= 0.6 is 0 Å². The van der Waals surface area contributed by atoms with Crippen LogP contribution in [0.4, 0.5) is 0 Å². The third-order valence-corrected chi connectivity index (χ3v) is 4.50. The van der Waals surface area contributed by atoms with E-state index in [1.54, 1.807) is 0 Å². The van der Waals surface area contributed by atoms with E-state index < -0.39 is 0 Å². The number of aryl methyl sites for hydroxylation is 1. The Balaban J connectivity index is 1.53. The van der Waals surface area contributed by atoms with E-state index in [0.29, 0.717) is 5.41 Å². The first kappa shape index (κ1) is 12.0. The number of piperidine rings is 2. The van der Waals surface area contributed by atoms with Crippen molar-refractivity contribution in [3.05, 3.63) is 5.82 Å². The molecule has 0 bridgehead atoms. The minimum atomic E-state index is 0.623. The molecule has 3 rings (SSSR count). The Bertz CT molecular complexity index is 385. The first-order chi connectivity index (χ1) is 8.76. The molecular formula is C12H22N6. The maximum atomic E-state index is 4.25. The molecule has 2 saturated heterocycles. The molecule has 0 radical (unpaired) electrons. The summed E-state index contributed by atoms with van der Waals surface area (Å²) in [5.74, 6) is 0.846. The molecule has 2 aliphatic heterocycles. The Morgan fingerprint density at radius 2 is 1.89 bits per heavy atom. The lowest BCUT2D eigenvalue weighted by molar-refractivity contribution is 0.0687. The van der Waals surface area contributed by atoms with E-state index in [0.717, 1.165) is 12.4 Å². The minimum Gasteiger partial charge on any atom is -0.317 e. The molecule has 3 heterocycles. The van der Waals surface area contributed by atoms with E-state index >= 15 is 0 Å². The lowest BCUT2D eigenvalue weighted by Gasteiger charge is -2.44. The van der Waals surface area contributed by atoms with Crippen molar-refractivity contribution in [1.82, 2.24) is 30.4 Å². The molecule has 2 fully saturated rings. The quantitative estimate of drug-likeness (QED) is 0.811. The highest BCUT2D eigenvalue weighted by molar-refractivity contribution is 4.90. The summed E-state index contributed by atoms with van der Waals surface area (Å²) in [5.41, 5.74) is 0.623. The molecule has 1 spiro atoms. The lowest BCUT2D eigenvalue weighted by atomic mass is 9.71. The topological polar surface area (TPSA) is 58.9 Å². The zero-order valence-corrected chi connectivity index (χ0v) is 11.1. The first-order valence-electron chi connectivity index (χ1n) is 6.92. The Morgan fingerprint density at radius 3 is 2.50 bits per heavy atom. The Morgan fingerprint density at radius 1 is 1.17 bits per heavy atom. The summed E-state index contributed by atoms with van der Waals surface area (Å²) < 4.78 is 0. The second kappa shape index (κ2) is 4.93. The summed E-state index contributed by atoms with van der Waals surface area (Å²) >= 11 is 0. The van der Waals surface area contributed by atoms with Crippen LogP contribution in [0, 0.1) is 5.41 Å². The number of nitrogens with one attached hydrogen (secondary N) is 1. The van der Waals surface area contributed by atoms with Crippen LogP contribution in [0.1, 0.15) is 31.5 Å². The summed E-state index contributed by atoms with van der Waals surface area (Å²) in [6, 6.07) is 0. The molecule has 0 amide bonds. The van der Waals surface area contributed by atoms with Crippen molar-refractivity contribution in [2.24, 2.45) is 12.5 Å². The van der Waals surface area contributed by atoms with Gasteiger partial charge < -0.3 is 5.32 Å². The van der Waals surface area contributed by atoms with Gasteiger partial charge in [-0.15, -0.1) is 10.2 Å². The standard InChI is InChI=1S/C12H22N6/c1-17-15-11(14-16-17)10-18-8-4-12(5-9-18)2-6-13-7-3-12/h13H,2-10H2,1H3. The van der Waals surface area contributed by atoms with Gasteiger partial charge in [0, 0.05) is 0 Å². The lowest BCUT2D eigenvalue weighted by Crippen LogP contribution is -2.45. The predicted octanol–water partition coefficient (Wildman–Crippen LogP) is 0.176. The van der Waals surface area contributed by atoms with Gasteiger partial charge in [0.05, 0.1) is 13.6 Å². The highest BCUT2D eigenvalue weighted by Crippen LogP contribution is 2.39. The SMILES string of the molecule is Cn1nnc(CN2CCC3(CCNCC3)CC2)n1. The second-order valence-electron chi connectivity index (χ2n) is 5.72. The smallest absolute Gasteiger partial charge is 0.188 e. The zero-order chi connectivity index (χ0) is 12.4. The van der Waals surface area contributed by atoms with Crippen molar-refractivity contribution >= 4 is 0 Å². The second-order valence-corrected chi connectivity index (χ2v) is 5.72. The van der Waals surface area contributed by atoms with Crippen molar-refractivity contribution in [3.8, 4) is 0 Å². The van der Waals surface area contributed by atoms with Gasteiger partial charge in [0.15, 0.2) is 5.82 Å².